The lowest BCUT2D eigenvalue weighted by Gasteiger charge is -2.11. The third kappa shape index (κ3) is 2.43. The predicted molar refractivity (Wildman–Crippen MR) is 72.6 cm³/mol. The molecule has 0 aliphatic heterocycles. The number of hydrogen-bond donors (Lipinski definition) is 0. The smallest absolute Gasteiger partial charge is 0.150 e. The Labute approximate surface area is 107 Å². The number of benzene rings is 2. The molecular weight excluding hydrogens is 224 g/mol. The van der Waals surface area contributed by atoms with Gasteiger partial charge in [0, 0.05) is 5.56 Å². The van der Waals surface area contributed by atoms with E-state index in [-0.39, 0.29) is 0 Å². The molecule has 0 aliphatic rings. The summed E-state index contributed by atoms with van der Waals surface area (Å²) in [5.74, 6) is 1.61. The maximum Gasteiger partial charge on any atom is 0.150 e. The molecule has 2 aromatic carbocycles. The minimum absolute atomic E-state index is 0.698. The summed E-state index contributed by atoms with van der Waals surface area (Å²) in [6.07, 6.45) is 0.858. The van der Waals surface area contributed by atoms with E-state index >= 15 is 0 Å². The Bertz CT molecular complexity index is 586. The molecule has 2 aromatic rings. The van der Waals surface area contributed by atoms with E-state index in [1.807, 2.05) is 38.1 Å². The van der Waals surface area contributed by atoms with Gasteiger partial charge in [-0.1, -0.05) is 12.1 Å². The minimum atomic E-state index is 0.698. The fourth-order valence-corrected chi connectivity index (χ4v) is 1.81. The molecular formula is C16H16O2. The van der Waals surface area contributed by atoms with Gasteiger partial charge in [0.25, 0.3) is 0 Å². The topological polar surface area (TPSA) is 26.3 Å². The van der Waals surface area contributed by atoms with Crippen molar-refractivity contribution in [3.05, 3.63) is 58.7 Å². The summed E-state index contributed by atoms with van der Waals surface area (Å²) in [7, 11) is 0. The van der Waals surface area contributed by atoms with Gasteiger partial charge in [-0.15, -0.1) is 0 Å². The first kappa shape index (κ1) is 12.4. The van der Waals surface area contributed by atoms with Crippen molar-refractivity contribution in [3.8, 4) is 11.5 Å². The van der Waals surface area contributed by atoms with Crippen LogP contribution in [0.3, 0.4) is 0 Å². The minimum Gasteiger partial charge on any atom is -0.457 e. The van der Waals surface area contributed by atoms with Crippen molar-refractivity contribution in [3.63, 3.8) is 0 Å². The lowest BCUT2D eigenvalue weighted by Crippen LogP contribution is -1.92. The Balaban J connectivity index is 2.31. The van der Waals surface area contributed by atoms with Gasteiger partial charge in [0.2, 0.25) is 0 Å². The second-order valence-corrected chi connectivity index (χ2v) is 4.44. The van der Waals surface area contributed by atoms with Crippen LogP contribution < -0.4 is 4.74 Å². The van der Waals surface area contributed by atoms with Crippen LogP contribution in [0, 0.1) is 20.8 Å². The normalized spacial score (nSPS) is 10.2. The van der Waals surface area contributed by atoms with Crippen molar-refractivity contribution in [2.45, 2.75) is 20.8 Å². The van der Waals surface area contributed by atoms with Crippen molar-refractivity contribution in [1.82, 2.24) is 0 Å². The van der Waals surface area contributed by atoms with E-state index in [9.17, 15) is 4.79 Å². The van der Waals surface area contributed by atoms with Crippen LogP contribution in [0.15, 0.2) is 36.4 Å². The third-order valence-corrected chi connectivity index (χ3v) is 3.15. The van der Waals surface area contributed by atoms with Gasteiger partial charge in [-0.05, 0) is 61.7 Å². The molecule has 0 radical (unpaired) electrons. The first-order chi connectivity index (χ1) is 8.61. The molecule has 2 nitrogen and oxygen atoms in total. The molecule has 0 heterocycles. The second kappa shape index (κ2) is 5.05. The van der Waals surface area contributed by atoms with E-state index in [4.69, 9.17) is 4.74 Å². The van der Waals surface area contributed by atoms with E-state index in [2.05, 4.69) is 13.0 Å². The number of ether oxygens (including phenoxy) is 1. The zero-order chi connectivity index (χ0) is 13.1. The molecule has 92 valence electrons. The summed E-state index contributed by atoms with van der Waals surface area (Å²) in [5.41, 5.74) is 3.96. The molecule has 2 rings (SSSR count). The molecule has 0 spiro atoms. The highest BCUT2D eigenvalue weighted by Gasteiger charge is 2.05. The van der Waals surface area contributed by atoms with Crippen molar-refractivity contribution in [1.29, 1.82) is 0 Å². The predicted octanol–water partition coefficient (Wildman–Crippen LogP) is 4.22. The highest BCUT2D eigenvalue weighted by molar-refractivity contribution is 5.77. The van der Waals surface area contributed by atoms with Gasteiger partial charge < -0.3 is 4.74 Å². The Morgan fingerprint density at radius 2 is 1.78 bits per heavy atom. The zero-order valence-electron chi connectivity index (χ0n) is 10.9. The molecule has 0 bridgehead atoms. The van der Waals surface area contributed by atoms with Gasteiger partial charge in [-0.2, -0.15) is 0 Å². The van der Waals surface area contributed by atoms with Crippen LogP contribution in [-0.4, -0.2) is 6.29 Å². The molecule has 0 fully saturated rings. The van der Waals surface area contributed by atoms with Gasteiger partial charge in [0.1, 0.15) is 17.8 Å². The maximum absolute atomic E-state index is 10.8. The van der Waals surface area contributed by atoms with Crippen LogP contribution in [-0.2, 0) is 0 Å². The second-order valence-electron chi connectivity index (χ2n) is 4.44. The summed E-state index contributed by atoms with van der Waals surface area (Å²) in [6, 6.07) is 11.5. The van der Waals surface area contributed by atoms with Crippen molar-refractivity contribution < 1.29 is 9.53 Å². The Kier molecular flexibility index (Phi) is 3.47. The molecule has 0 saturated carbocycles. The lowest BCUT2D eigenvalue weighted by atomic mass is 10.1. The molecule has 0 amide bonds. The lowest BCUT2D eigenvalue weighted by molar-refractivity contribution is 0.112. The first-order valence-electron chi connectivity index (χ1n) is 5.91. The molecule has 2 heteroatoms. The average molecular weight is 240 g/mol. The fraction of sp³-hybridized carbons (Fsp3) is 0.188. The number of hydrogen-bond acceptors (Lipinski definition) is 2. The molecule has 0 aliphatic carbocycles. The van der Waals surface area contributed by atoms with E-state index in [1.54, 1.807) is 6.07 Å². The summed E-state index contributed by atoms with van der Waals surface area (Å²) >= 11 is 0. The van der Waals surface area contributed by atoms with Crippen LogP contribution >= 0.6 is 0 Å². The van der Waals surface area contributed by atoms with Crippen LogP contribution in [0.25, 0.3) is 0 Å². The Morgan fingerprint density at radius 1 is 1.00 bits per heavy atom. The van der Waals surface area contributed by atoms with Crippen molar-refractivity contribution in [2.24, 2.45) is 0 Å². The SMILES string of the molecule is Cc1cc(Oc2cccc(C)c2C)ccc1C=O. The molecule has 0 atom stereocenters. The number of aryl methyl sites for hydroxylation is 2. The highest BCUT2D eigenvalue weighted by Crippen LogP contribution is 2.27. The largest absolute Gasteiger partial charge is 0.457 e. The summed E-state index contributed by atoms with van der Waals surface area (Å²) < 4.78 is 5.85. The fourth-order valence-electron chi connectivity index (χ4n) is 1.81. The maximum atomic E-state index is 10.8. The molecule has 18 heavy (non-hydrogen) atoms. The van der Waals surface area contributed by atoms with Gasteiger partial charge in [-0.3, -0.25) is 4.79 Å². The molecule has 0 aromatic heterocycles. The molecule has 0 unspecified atom stereocenters. The summed E-state index contributed by atoms with van der Waals surface area (Å²) in [6.45, 7) is 6.00. The standard InChI is InChI=1S/C16H16O2/c1-11-5-4-6-16(13(11)3)18-15-8-7-14(10-17)12(2)9-15/h4-10H,1-3H3. The Hall–Kier alpha value is -2.09. The van der Waals surface area contributed by atoms with Gasteiger partial charge in [-0.25, -0.2) is 0 Å². The van der Waals surface area contributed by atoms with Gasteiger partial charge >= 0.3 is 0 Å². The Morgan fingerprint density at radius 3 is 2.44 bits per heavy atom. The summed E-state index contributed by atoms with van der Waals surface area (Å²) in [5, 5.41) is 0. The molecule has 0 saturated heterocycles. The van der Waals surface area contributed by atoms with Crippen molar-refractivity contribution in [2.75, 3.05) is 0 Å². The highest BCUT2D eigenvalue weighted by atomic mass is 16.5. The van der Waals surface area contributed by atoms with Crippen molar-refractivity contribution >= 4 is 6.29 Å². The van der Waals surface area contributed by atoms with E-state index in [0.29, 0.717) is 5.56 Å². The first-order valence-corrected chi connectivity index (χ1v) is 5.91. The van der Waals surface area contributed by atoms with Gasteiger partial charge in [0.05, 0.1) is 0 Å². The van der Waals surface area contributed by atoms with Gasteiger partial charge in [0.15, 0.2) is 0 Å². The number of carbonyl (C=O) groups excluding carboxylic acids is 1. The van der Waals surface area contributed by atoms with E-state index < -0.39 is 0 Å². The number of aldehydes is 1. The van der Waals surface area contributed by atoms with E-state index in [1.165, 1.54) is 5.56 Å². The summed E-state index contributed by atoms with van der Waals surface area (Å²) in [4.78, 5) is 10.8. The van der Waals surface area contributed by atoms with Crippen LogP contribution in [0.5, 0.6) is 11.5 Å². The van der Waals surface area contributed by atoms with Crippen LogP contribution in [0.2, 0.25) is 0 Å². The van der Waals surface area contributed by atoms with Crippen LogP contribution in [0.1, 0.15) is 27.0 Å². The zero-order valence-corrected chi connectivity index (χ0v) is 10.9. The third-order valence-electron chi connectivity index (χ3n) is 3.15. The number of carbonyl (C=O) groups is 1. The number of rotatable bonds is 3. The van der Waals surface area contributed by atoms with Crippen LogP contribution in [0.4, 0.5) is 0 Å². The average Bonchev–Trinajstić information content (AvgIpc) is 2.35. The van der Waals surface area contributed by atoms with E-state index in [0.717, 1.165) is 28.9 Å². The quantitative estimate of drug-likeness (QED) is 0.751. The molecule has 0 N–H and O–H groups in total. The monoisotopic (exact) mass is 240 g/mol.